The third kappa shape index (κ3) is 4.42. The van der Waals surface area contributed by atoms with Gasteiger partial charge >= 0.3 is 0 Å². The number of aromatic nitrogens is 3. The summed E-state index contributed by atoms with van der Waals surface area (Å²) in [5, 5.41) is 10.5. The van der Waals surface area contributed by atoms with Crippen LogP contribution < -0.4 is 10.1 Å². The van der Waals surface area contributed by atoms with E-state index in [0.29, 0.717) is 29.9 Å². The van der Waals surface area contributed by atoms with Crippen LogP contribution in [0.2, 0.25) is 0 Å². The van der Waals surface area contributed by atoms with E-state index in [1.807, 2.05) is 24.3 Å². The van der Waals surface area contributed by atoms with Crippen molar-refractivity contribution < 1.29 is 9.15 Å². The third-order valence-electron chi connectivity index (χ3n) is 5.06. The summed E-state index contributed by atoms with van der Waals surface area (Å²) in [6.07, 6.45) is 2.71. The Morgan fingerprint density at radius 2 is 2.21 bits per heavy atom. The highest BCUT2D eigenvalue weighted by atomic mass is 16.5. The number of nitrogens with one attached hydrogen (secondary N) is 2. The first-order valence-electron chi connectivity index (χ1n) is 9.89. The number of hydrogen-bond donors (Lipinski definition) is 2. The number of guanidine groups is 1. The number of H-pyrrole nitrogens is 1. The highest BCUT2D eigenvalue weighted by Gasteiger charge is 2.26. The van der Waals surface area contributed by atoms with Crippen molar-refractivity contribution in [3.05, 3.63) is 54.0 Å². The first-order chi connectivity index (χ1) is 14.3. The van der Waals surface area contributed by atoms with Gasteiger partial charge in [0, 0.05) is 25.6 Å². The molecule has 3 heterocycles. The molecule has 8 nitrogen and oxygen atoms in total. The second-order valence-corrected chi connectivity index (χ2v) is 6.96. The molecule has 1 fully saturated rings. The van der Waals surface area contributed by atoms with E-state index in [4.69, 9.17) is 14.1 Å². The van der Waals surface area contributed by atoms with E-state index in [1.165, 1.54) is 5.56 Å². The predicted molar refractivity (Wildman–Crippen MR) is 111 cm³/mol. The van der Waals surface area contributed by atoms with Crippen LogP contribution in [0.3, 0.4) is 0 Å². The molecule has 152 valence electrons. The molecule has 1 unspecified atom stereocenters. The van der Waals surface area contributed by atoms with E-state index in [0.717, 1.165) is 37.8 Å². The van der Waals surface area contributed by atoms with Gasteiger partial charge in [-0.3, -0.25) is 5.10 Å². The number of likely N-dealkylation sites (tertiary alicyclic amines) is 1. The molecule has 0 radical (unpaired) electrons. The number of ether oxygens (including phenoxy) is 1. The van der Waals surface area contributed by atoms with Crippen LogP contribution in [-0.4, -0.2) is 52.8 Å². The molecule has 4 rings (SSSR count). The number of hydrogen-bond acceptors (Lipinski definition) is 5. The molecular weight excluding hydrogens is 368 g/mol. The Hall–Kier alpha value is -3.29. The molecule has 1 atom stereocenters. The smallest absolute Gasteiger partial charge is 0.216 e. The highest BCUT2D eigenvalue weighted by molar-refractivity contribution is 5.80. The molecule has 3 aromatic rings. The maximum Gasteiger partial charge on any atom is 0.216 e. The summed E-state index contributed by atoms with van der Waals surface area (Å²) in [5.41, 5.74) is 1.34. The van der Waals surface area contributed by atoms with E-state index >= 15 is 0 Å². The number of nitrogens with zero attached hydrogens (tertiary/aromatic N) is 4. The molecule has 29 heavy (non-hydrogen) atoms. The van der Waals surface area contributed by atoms with Gasteiger partial charge < -0.3 is 19.4 Å². The number of aliphatic imine (C=N–C) groups is 1. The van der Waals surface area contributed by atoms with Crippen molar-refractivity contribution in [1.29, 1.82) is 0 Å². The molecule has 1 aliphatic heterocycles. The van der Waals surface area contributed by atoms with E-state index in [9.17, 15) is 0 Å². The molecule has 1 aliphatic rings. The van der Waals surface area contributed by atoms with Crippen LogP contribution in [0.1, 0.15) is 30.7 Å². The summed E-state index contributed by atoms with van der Waals surface area (Å²) >= 11 is 0. The Balaban J connectivity index is 1.42. The van der Waals surface area contributed by atoms with Gasteiger partial charge in [-0.05, 0) is 43.2 Å². The fourth-order valence-electron chi connectivity index (χ4n) is 3.56. The van der Waals surface area contributed by atoms with Crippen LogP contribution >= 0.6 is 0 Å². The first-order valence-corrected chi connectivity index (χ1v) is 9.89. The monoisotopic (exact) mass is 394 g/mol. The zero-order valence-corrected chi connectivity index (χ0v) is 16.8. The maximum atomic E-state index is 5.34. The van der Waals surface area contributed by atoms with Crippen molar-refractivity contribution in [2.45, 2.75) is 25.8 Å². The standard InChI is InChI=1S/C21H26N6O2/c1-3-22-21(23-13-19-24-20(26-25-19)18-5-4-12-29-18)27-11-10-16(14-27)15-6-8-17(28-2)9-7-15/h4-9,12,16H,3,10-11,13-14H2,1-2H3,(H,22,23)(H,24,25,26). The number of methoxy groups -OCH3 is 1. The highest BCUT2D eigenvalue weighted by Crippen LogP contribution is 2.28. The minimum Gasteiger partial charge on any atom is -0.497 e. The number of aromatic amines is 1. The van der Waals surface area contributed by atoms with Crippen LogP contribution in [0.4, 0.5) is 0 Å². The average Bonchev–Trinajstić information content (AvgIpc) is 3.52. The lowest BCUT2D eigenvalue weighted by atomic mass is 9.98. The minimum atomic E-state index is 0.430. The lowest BCUT2D eigenvalue weighted by Gasteiger charge is -2.21. The zero-order chi connectivity index (χ0) is 20.1. The third-order valence-corrected chi connectivity index (χ3v) is 5.06. The van der Waals surface area contributed by atoms with Gasteiger partial charge in [0.15, 0.2) is 11.7 Å². The Morgan fingerprint density at radius 1 is 1.34 bits per heavy atom. The van der Waals surface area contributed by atoms with Gasteiger partial charge in [0.05, 0.1) is 13.4 Å². The Morgan fingerprint density at radius 3 is 2.93 bits per heavy atom. The van der Waals surface area contributed by atoms with Crippen molar-refractivity contribution in [3.63, 3.8) is 0 Å². The SMILES string of the molecule is CCNC(=NCc1nc(-c2ccco2)n[nH]1)N1CCC(c2ccc(OC)cc2)C1. The minimum absolute atomic E-state index is 0.430. The molecule has 0 spiro atoms. The van der Waals surface area contributed by atoms with Crippen LogP contribution in [0.5, 0.6) is 5.75 Å². The summed E-state index contributed by atoms with van der Waals surface area (Å²) in [6, 6.07) is 12.0. The average molecular weight is 394 g/mol. The van der Waals surface area contributed by atoms with Gasteiger partial charge in [-0.2, -0.15) is 0 Å². The number of benzene rings is 1. The molecule has 2 aromatic heterocycles. The molecule has 1 saturated heterocycles. The van der Waals surface area contributed by atoms with E-state index < -0.39 is 0 Å². The first kappa shape index (κ1) is 19.0. The van der Waals surface area contributed by atoms with Crippen LogP contribution in [0.25, 0.3) is 11.6 Å². The van der Waals surface area contributed by atoms with Gasteiger partial charge in [-0.1, -0.05) is 12.1 Å². The number of furan rings is 1. The molecule has 0 aliphatic carbocycles. The normalized spacial score (nSPS) is 17.0. The van der Waals surface area contributed by atoms with Gasteiger partial charge in [0.25, 0.3) is 0 Å². The zero-order valence-electron chi connectivity index (χ0n) is 16.8. The van der Waals surface area contributed by atoms with Crippen LogP contribution in [0, 0.1) is 0 Å². The van der Waals surface area contributed by atoms with Crippen molar-refractivity contribution in [1.82, 2.24) is 25.4 Å². The Bertz CT molecular complexity index is 933. The molecular formula is C21H26N6O2. The molecule has 2 N–H and O–H groups in total. The second kappa shape index (κ2) is 8.81. The van der Waals surface area contributed by atoms with E-state index in [1.54, 1.807) is 13.4 Å². The molecule has 0 saturated carbocycles. The summed E-state index contributed by atoms with van der Waals surface area (Å²) in [4.78, 5) is 11.5. The summed E-state index contributed by atoms with van der Waals surface area (Å²) < 4.78 is 10.6. The van der Waals surface area contributed by atoms with Gasteiger partial charge in [-0.25, -0.2) is 9.98 Å². The van der Waals surface area contributed by atoms with Crippen LogP contribution in [-0.2, 0) is 6.54 Å². The lowest BCUT2D eigenvalue weighted by Crippen LogP contribution is -2.40. The molecule has 0 bridgehead atoms. The summed E-state index contributed by atoms with van der Waals surface area (Å²) in [7, 11) is 1.69. The fourth-order valence-corrected chi connectivity index (χ4v) is 3.56. The van der Waals surface area contributed by atoms with E-state index in [2.05, 4.69) is 44.5 Å². The Kier molecular flexibility index (Phi) is 5.79. The van der Waals surface area contributed by atoms with Crippen molar-refractivity contribution in [3.8, 4) is 17.3 Å². The summed E-state index contributed by atoms with van der Waals surface area (Å²) in [5.74, 6) is 4.17. The van der Waals surface area contributed by atoms with Crippen molar-refractivity contribution in [2.24, 2.45) is 4.99 Å². The molecule has 1 aromatic carbocycles. The second-order valence-electron chi connectivity index (χ2n) is 6.96. The fraction of sp³-hybridized carbons (Fsp3) is 0.381. The molecule has 0 amide bonds. The van der Waals surface area contributed by atoms with Crippen molar-refractivity contribution in [2.75, 3.05) is 26.7 Å². The maximum absolute atomic E-state index is 5.34. The lowest BCUT2D eigenvalue weighted by molar-refractivity contribution is 0.414. The largest absolute Gasteiger partial charge is 0.497 e. The van der Waals surface area contributed by atoms with Crippen molar-refractivity contribution >= 4 is 5.96 Å². The van der Waals surface area contributed by atoms with Crippen LogP contribution in [0.15, 0.2) is 52.1 Å². The predicted octanol–water partition coefficient (Wildman–Crippen LogP) is 3.03. The molecule has 8 heteroatoms. The van der Waals surface area contributed by atoms with Gasteiger partial charge in [0.1, 0.15) is 18.1 Å². The quantitative estimate of drug-likeness (QED) is 0.493. The topological polar surface area (TPSA) is 91.6 Å². The van der Waals surface area contributed by atoms with Gasteiger partial charge in [-0.15, -0.1) is 5.10 Å². The Labute approximate surface area is 170 Å². The van der Waals surface area contributed by atoms with Gasteiger partial charge in [0.2, 0.25) is 5.82 Å². The number of rotatable bonds is 6. The summed E-state index contributed by atoms with van der Waals surface area (Å²) in [6.45, 7) is 5.23. The van der Waals surface area contributed by atoms with E-state index in [-0.39, 0.29) is 0 Å².